The van der Waals surface area contributed by atoms with Crippen molar-refractivity contribution in [3.05, 3.63) is 48.0 Å². The zero-order chi connectivity index (χ0) is 18.7. The predicted molar refractivity (Wildman–Crippen MR) is 81.6 cm³/mol. The molecular formula is C15H11F3N2O4S. The Bertz CT molecular complexity index is 904. The number of halogens is 3. The standard InChI is InChI=1S/C15H11F3N2O4S/c1-23-12-4-2-11(3-5-12)20-25(21,22)13-6-7-14(10(8-13)9-19)24-15(16,17)18/h2-8,20H,1H3. The van der Waals surface area contributed by atoms with Crippen molar-refractivity contribution in [3.8, 4) is 17.6 Å². The van der Waals surface area contributed by atoms with E-state index in [1.165, 1.54) is 37.4 Å². The van der Waals surface area contributed by atoms with Gasteiger partial charge in [0.25, 0.3) is 10.0 Å². The van der Waals surface area contributed by atoms with Gasteiger partial charge in [-0.2, -0.15) is 5.26 Å². The highest BCUT2D eigenvalue weighted by molar-refractivity contribution is 7.92. The summed E-state index contributed by atoms with van der Waals surface area (Å²) in [5.74, 6) is -0.262. The molecule has 0 aliphatic carbocycles. The molecule has 0 unspecified atom stereocenters. The molecule has 0 heterocycles. The molecule has 0 aliphatic heterocycles. The molecule has 2 rings (SSSR count). The fourth-order valence-electron chi connectivity index (χ4n) is 1.85. The van der Waals surface area contributed by atoms with Crippen LogP contribution < -0.4 is 14.2 Å². The summed E-state index contributed by atoms with van der Waals surface area (Å²) in [6, 6.07) is 9.90. The quantitative estimate of drug-likeness (QED) is 0.870. The van der Waals surface area contributed by atoms with Crippen LogP contribution in [0.25, 0.3) is 0 Å². The largest absolute Gasteiger partial charge is 0.573 e. The second-order valence-electron chi connectivity index (χ2n) is 4.65. The first-order valence-corrected chi connectivity index (χ1v) is 8.10. The van der Waals surface area contributed by atoms with Crippen LogP contribution in [0, 0.1) is 11.3 Å². The molecule has 0 saturated heterocycles. The van der Waals surface area contributed by atoms with Crippen molar-refractivity contribution in [2.45, 2.75) is 11.3 Å². The fourth-order valence-corrected chi connectivity index (χ4v) is 2.93. The molecule has 10 heteroatoms. The molecule has 0 spiro atoms. The van der Waals surface area contributed by atoms with Crippen LogP contribution in [-0.2, 0) is 10.0 Å². The Morgan fingerprint density at radius 3 is 2.28 bits per heavy atom. The van der Waals surface area contributed by atoms with E-state index in [1.54, 1.807) is 0 Å². The van der Waals surface area contributed by atoms with Gasteiger partial charge < -0.3 is 9.47 Å². The van der Waals surface area contributed by atoms with Gasteiger partial charge in [-0.3, -0.25) is 4.72 Å². The summed E-state index contributed by atoms with van der Waals surface area (Å²) in [4.78, 5) is -0.380. The van der Waals surface area contributed by atoms with Crippen LogP contribution in [0.3, 0.4) is 0 Å². The summed E-state index contributed by atoms with van der Waals surface area (Å²) in [6.45, 7) is 0. The fraction of sp³-hybridized carbons (Fsp3) is 0.133. The van der Waals surface area contributed by atoms with Crippen LogP contribution in [-0.4, -0.2) is 21.9 Å². The lowest BCUT2D eigenvalue weighted by atomic mass is 10.2. The SMILES string of the molecule is COc1ccc(NS(=O)(=O)c2ccc(OC(F)(F)F)c(C#N)c2)cc1. The number of rotatable bonds is 5. The van der Waals surface area contributed by atoms with Crippen LogP contribution >= 0.6 is 0 Å². The Labute approximate surface area is 141 Å². The summed E-state index contributed by atoms with van der Waals surface area (Å²) in [5, 5.41) is 8.93. The molecule has 0 aromatic heterocycles. The smallest absolute Gasteiger partial charge is 0.497 e. The van der Waals surface area contributed by atoms with Gasteiger partial charge in [-0.05, 0) is 42.5 Å². The van der Waals surface area contributed by atoms with Crippen molar-refractivity contribution in [1.29, 1.82) is 5.26 Å². The summed E-state index contributed by atoms with van der Waals surface area (Å²) >= 11 is 0. The Morgan fingerprint density at radius 1 is 1.12 bits per heavy atom. The molecule has 6 nitrogen and oxygen atoms in total. The molecule has 0 radical (unpaired) electrons. The summed E-state index contributed by atoms with van der Waals surface area (Å²) in [7, 11) is -2.65. The maximum atomic E-state index is 12.3. The van der Waals surface area contributed by atoms with Gasteiger partial charge >= 0.3 is 6.36 Å². The molecule has 0 atom stereocenters. The number of nitrogens with zero attached hydrogens (tertiary/aromatic N) is 1. The van der Waals surface area contributed by atoms with E-state index in [4.69, 9.17) is 10.00 Å². The topological polar surface area (TPSA) is 88.4 Å². The Morgan fingerprint density at radius 2 is 1.76 bits per heavy atom. The van der Waals surface area contributed by atoms with Crippen molar-refractivity contribution < 1.29 is 31.1 Å². The Kier molecular flexibility index (Phi) is 5.08. The molecule has 0 fully saturated rings. The van der Waals surface area contributed by atoms with E-state index in [2.05, 4.69) is 9.46 Å². The van der Waals surface area contributed by atoms with Crippen molar-refractivity contribution in [2.75, 3.05) is 11.8 Å². The van der Waals surface area contributed by atoms with Crippen molar-refractivity contribution in [1.82, 2.24) is 0 Å². The maximum absolute atomic E-state index is 12.3. The number of nitrogens with one attached hydrogen (secondary N) is 1. The van der Waals surface area contributed by atoms with Gasteiger partial charge in [0.1, 0.15) is 17.6 Å². The minimum absolute atomic E-state index is 0.218. The first-order valence-electron chi connectivity index (χ1n) is 6.61. The third-order valence-electron chi connectivity index (χ3n) is 2.95. The lowest BCUT2D eigenvalue weighted by Gasteiger charge is -2.12. The first-order chi connectivity index (χ1) is 11.6. The normalized spacial score (nSPS) is 11.5. The molecule has 0 amide bonds. The van der Waals surface area contributed by atoms with Gasteiger partial charge in [0, 0.05) is 5.69 Å². The van der Waals surface area contributed by atoms with E-state index >= 15 is 0 Å². The van der Waals surface area contributed by atoms with Gasteiger partial charge in [-0.25, -0.2) is 8.42 Å². The van der Waals surface area contributed by atoms with Gasteiger partial charge in [0.05, 0.1) is 17.6 Å². The third kappa shape index (κ3) is 4.77. The molecule has 25 heavy (non-hydrogen) atoms. The first kappa shape index (κ1) is 18.4. The second kappa shape index (κ2) is 6.90. The highest BCUT2D eigenvalue weighted by Gasteiger charge is 2.32. The molecular weight excluding hydrogens is 361 g/mol. The van der Waals surface area contributed by atoms with E-state index < -0.39 is 27.7 Å². The molecule has 2 aromatic rings. The maximum Gasteiger partial charge on any atom is 0.573 e. The van der Waals surface area contributed by atoms with E-state index in [9.17, 15) is 21.6 Å². The van der Waals surface area contributed by atoms with Crippen LogP contribution in [0.5, 0.6) is 11.5 Å². The minimum Gasteiger partial charge on any atom is -0.497 e. The highest BCUT2D eigenvalue weighted by atomic mass is 32.2. The molecule has 0 aliphatic rings. The zero-order valence-corrected chi connectivity index (χ0v) is 13.5. The number of anilines is 1. The van der Waals surface area contributed by atoms with Crippen molar-refractivity contribution >= 4 is 15.7 Å². The van der Waals surface area contributed by atoms with E-state index in [-0.39, 0.29) is 10.6 Å². The lowest BCUT2D eigenvalue weighted by molar-refractivity contribution is -0.274. The number of nitriles is 1. The summed E-state index contributed by atoms with van der Waals surface area (Å²) in [5.41, 5.74) is -0.343. The molecule has 0 bridgehead atoms. The van der Waals surface area contributed by atoms with Crippen LogP contribution in [0.2, 0.25) is 0 Å². The number of hydrogen-bond donors (Lipinski definition) is 1. The van der Waals surface area contributed by atoms with E-state index in [0.29, 0.717) is 5.75 Å². The van der Waals surface area contributed by atoms with E-state index in [0.717, 1.165) is 18.2 Å². The van der Waals surface area contributed by atoms with Gasteiger partial charge in [-0.15, -0.1) is 13.2 Å². The van der Waals surface area contributed by atoms with Gasteiger partial charge in [-0.1, -0.05) is 0 Å². The number of benzene rings is 2. The van der Waals surface area contributed by atoms with Gasteiger partial charge in [0.2, 0.25) is 0 Å². The molecule has 1 N–H and O–H groups in total. The minimum atomic E-state index is -4.99. The molecule has 2 aromatic carbocycles. The number of alkyl halides is 3. The Balaban J connectivity index is 2.31. The van der Waals surface area contributed by atoms with Gasteiger partial charge in [0.15, 0.2) is 0 Å². The number of sulfonamides is 1. The highest BCUT2D eigenvalue weighted by Crippen LogP contribution is 2.28. The monoisotopic (exact) mass is 372 g/mol. The van der Waals surface area contributed by atoms with E-state index in [1.807, 2.05) is 0 Å². The Hall–Kier alpha value is -2.93. The molecule has 0 saturated carbocycles. The average Bonchev–Trinajstić information content (AvgIpc) is 2.54. The third-order valence-corrected chi connectivity index (χ3v) is 4.33. The van der Waals surface area contributed by atoms with Crippen molar-refractivity contribution in [3.63, 3.8) is 0 Å². The lowest BCUT2D eigenvalue weighted by Crippen LogP contribution is -2.18. The number of methoxy groups -OCH3 is 1. The zero-order valence-electron chi connectivity index (χ0n) is 12.7. The second-order valence-corrected chi connectivity index (χ2v) is 6.33. The van der Waals surface area contributed by atoms with Crippen molar-refractivity contribution in [2.24, 2.45) is 0 Å². The van der Waals surface area contributed by atoms with Crippen LogP contribution in [0.4, 0.5) is 18.9 Å². The molecule has 132 valence electrons. The van der Waals surface area contributed by atoms with Crippen LogP contribution in [0.1, 0.15) is 5.56 Å². The van der Waals surface area contributed by atoms with Crippen LogP contribution in [0.15, 0.2) is 47.4 Å². The number of ether oxygens (including phenoxy) is 2. The predicted octanol–water partition coefficient (Wildman–Crippen LogP) is 3.27. The number of hydrogen-bond acceptors (Lipinski definition) is 5. The summed E-state index contributed by atoms with van der Waals surface area (Å²) in [6.07, 6.45) is -4.99. The average molecular weight is 372 g/mol. The summed E-state index contributed by atoms with van der Waals surface area (Å²) < 4.78 is 72.3.